The van der Waals surface area contributed by atoms with Crippen molar-refractivity contribution in [3.63, 3.8) is 0 Å². The molecule has 0 aliphatic heterocycles. The van der Waals surface area contributed by atoms with Gasteiger partial charge in [-0.3, -0.25) is 4.79 Å². The molecule has 0 bridgehead atoms. The third-order valence-electron chi connectivity index (χ3n) is 2.77. The number of benzene rings is 1. The predicted molar refractivity (Wildman–Crippen MR) is 74.6 cm³/mol. The standard InChI is InChI=1S/C12H16ClNO5S/c1-8(12(15)16)7-14(2)20(17,18)11-5-4-9(13)6-10(11)19-3/h4-6,8H,7H2,1-3H3,(H,15,16). The van der Waals surface area contributed by atoms with Crippen LogP contribution >= 0.6 is 11.6 Å². The van der Waals surface area contributed by atoms with Crippen LogP contribution in [0.2, 0.25) is 5.02 Å². The van der Waals surface area contributed by atoms with Gasteiger partial charge in [-0.15, -0.1) is 0 Å². The highest BCUT2D eigenvalue weighted by molar-refractivity contribution is 7.89. The molecule has 0 aliphatic carbocycles. The van der Waals surface area contributed by atoms with Crippen molar-refractivity contribution in [2.24, 2.45) is 5.92 Å². The SMILES string of the molecule is COc1cc(Cl)ccc1S(=O)(=O)N(C)CC(C)C(=O)O. The molecule has 1 aromatic rings. The maximum absolute atomic E-state index is 12.4. The van der Waals surface area contributed by atoms with Gasteiger partial charge in [-0.25, -0.2) is 8.42 Å². The number of carboxylic acids is 1. The second kappa shape index (κ2) is 6.43. The lowest BCUT2D eigenvalue weighted by Gasteiger charge is -2.20. The van der Waals surface area contributed by atoms with Crippen molar-refractivity contribution in [2.45, 2.75) is 11.8 Å². The summed E-state index contributed by atoms with van der Waals surface area (Å²) in [6, 6.07) is 4.16. The summed E-state index contributed by atoms with van der Waals surface area (Å²) in [4.78, 5) is 10.8. The number of nitrogens with zero attached hydrogens (tertiary/aromatic N) is 1. The molecule has 0 saturated carbocycles. The van der Waals surface area contributed by atoms with Crippen LogP contribution in [0.15, 0.2) is 23.1 Å². The minimum Gasteiger partial charge on any atom is -0.495 e. The summed E-state index contributed by atoms with van der Waals surface area (Å²) < 4.78 is 30.8. The normalized spacial score (nSPS) is 13.2. The first-order chi connectivity index (χ1) is 9.20. The first kappa shape index (κ1) is 16.7. The van der Waals surface area contributed by atoms with E-state index >= 15 is 0 Å². The Bertz CT molecular complexity index is 602. The van der Waals surface area contributed by atoms with Crippen molar-refractivity contribution in [2.75, 3.05) is 20.7 Å². The van der Waals surface area contributed by atoms with Crippen LogP contribution < -0.4 is 4.74 Å². The number of carbonyl (C=O) groups is 1. The number of halogens is 1. The van der Waals surface area contributed by atoms with E-state index in [1.54, 1.807) is 0 Å². The predicted octanol–water partition coefficient (Wildman–Crippen LogP) is 1.69. The number of hydrogen-bond donors (Lipinski definition) is 1. The van der Waals surface area contributed by atoms with Crippen LogP contribution in [0.25, 0.3) is 0 Å². The zero-order valence-electron chi connectivity index (χ0n) is 11.3. The largest absolute Gasteiger partial charge is 0.495 e. The molecular weight excluding hydrogens is 306 g/mol. The molecule has 0 saturated heterocycles. The molecule has 112 valence electrons. The summed E-state index contributed by atoms with van der Waals surface area (Å²) >= 11 is 5.78. The summed E-state index contributed by atoms with van der Waals surface area (Å²) in [5, 5.41) is 9.19. The Morgan fingerprint density at radius 2 is 2.10 bits per heavy atom. The summed E-state index contributed by atoms with van der Waals surface area (Å²) in [5.74, 6) is -1.75. The molecule has 1 aromatic carbocycles. The Hall–Kier alpha value is -1.31. The highest BCUT2D eigenvalue weighted by atomic mass is 35.5. The summed E-state index contributed by atoms with van der Waals surface area (Å²) in [5.41, 5.74) is 0. The van der Waals surface area contributed by atoms with Gasteiger partial charge in [-0.2, -0.15) is 4.31 Å². The van der Waals surface area contributed by atoms with E-state index < -0.39 is 21.9 Å². The topological polar surface area (TPSA) is 83.9 Å². The van der Waals surface area contributed by atoms with Gasteiger partial charge in [0.2, 0.25) is 10.0 Å². The Labute approximate surface area is 123 Å². The van der Waals surface area contributed by atoms with Gasteiger partial charge in [0.05, 0.1) is 13.0 Å². The molecule has 0 amide bonds. The number of hydrogen-bond acceptors (Lipinski definition) is 4. The number of methoxy groups -OCH3 is 1. The van der Waals surface area contributed by atoms with Gasteiger partial charge in [0.15, 0.2) is 0 Å². The number of sulfonamides is 1. The number of rotatable bonds is 6. The van der Waals surface area contributed by atoms with Crippen molar-refractivity contribution in [1.82, 2.24) is 4.31 Å². The summed E-state index contributed by atoms with van der Waals surface area (Å²) in [7, 11) is -1.18. The first-order valence-electron chi connectivity index (χ1n) is 5.72. The molecule has 6 nitrogen and oxygen atoms in total. The molecule has 1 atom stereocenters. The number of ether oxygens (including phenoxy) is 1. The van der Waals surface area contributed by atoms with Crippen molar-refractivity contribution in [1.29, 1.82) is 0 Å². The average Bonchev–Trinajstić information content (AvgIpc) is 2.37. The Morgan fingerprint density at radius 3 is 2.60 bits per heavy atom. The highest BCUT2D eigenvalue weighted by Crippen LogP contribution is 2.29. The molecule has 1 N–H and O–H groups in total. The quantitative estimate of drug-likeness (QED) is 0.862. The van der Waals surface area contributed by atoms with Crippen molar-refractivity contribution in [3.05, 3.63) is 23.2 Å². The van der Waals surface area contributed by atoms with E-state index in [1.807, 2.05) is 0 Å². The fourth-order valence-electron chi connectivity index (χ4n) is 1.58. The Balaban J connectivity index is 3.13. The second-order valence-corrected chi connectivity index (χ2v) is 6.77. The van der Waals surface area contributed by atoms with Gasteiger partial charge in [-0.1, -0.05) is 18.5 Å². The third-order valence-corrected chi connectivity index (χ3v) is 4.86. The van der Waals surface area contributed by atoms with E-state index in [4.69, 9.17) is 21.4 Å². The van der Waals surface area contributed by atoms with E-state index in [0.717, 1.165) is 4.31 Å². The number of carboxylic acid groups (broad SMARTS) is 1. The van der Waals surface area contributed by atoms with Crippen LogP contribution in [0.4, 0.5) is 0 Å². The lowest BCUT2D eigenvalue weighted by atomic mass is 10.2. The lowest BCUT2D eigenvalue weighted by Crippen LogP contribution is -2.33. The third kappa shape index (κ3) is 3.62. The zero-order chi connectivity index (χ0) is 15.5. The minimum atomic E-state index is -3.84. The van der Waals surface area contributed by atoms with Crippen LogP contribution in [0, 0.1) is 5.92 Å². The molecular formula is C12H16ClNO5S. The van der Waals surface area contributed by atoms with E-state index in [-0.39, 0.29) is 17.2 Å². The van der Waals surface area contributed by atoms with E-state index in [1.165, 1.54) is 39.3 Å². The van der Waals surface area contributed by atoms with Crippen molar-refractivity contribution < 1.29 is 23.1 Å². The maximum Gasteiger partial charge on any atom is 0.307 e. The van der Waals surface area contributed by atoms with Gasteiger partial charge in [0.1, 0.15) is 10.6 Å². The molecule has 1 unspecified atom stereocenters. The monoisotopic (exact) mass is 321 g/mol. The maximum atomic E-state index is 12.4. The minimum absolute atomic E-state index is 0.0514. The first-order valence-corrected chi connectivity index (χ1v) is 7.54. The molecule has 20 heavy (non-hydrogen) atoms. The van der Waals surface area contributed by atoms with Crippen LogP contribution in [0.5, 0.6) is 5.75 Å². The van der Waals surface area contributed by atoms with Crippen LogP contribution in [-0.4, -0.2) is 44.5 Å². The zero-order valence-corrected chi connectivity index (χ0v) is 12.9. The Morgan fingerprint density at radius 1 is 1.50 bits per heavy atom. The fourth-order valence-corrected chi connectivity index (χ4v) is 3.14. The molecule has 0 aromatic heterocycles. The van der Waals surface area contributed by atoms with Gasteiger partial charge in [0.25, 0.3) is 0 Å². The summed E-state index contributed by atoms with van der Waals surface area (Å²) in [6.45, 7) is 1.30. The van der Waals surface area contributed by atoms with E-state index in [2.05, 4.69) is 0 Å². The van der Waals surface area contributed by atoms with Crippen molar-refractivity contribution >= 4 is 27.6 Å². The summed E-state index contributed by atoms with van der Waals surface area (Å²) in [6.07, 6.45) is 0. The van der Waals surface area contributed by atoms with Crippen LogP contribution in [-0.2, 0) is 14.8 Å². The van der Waals surface area contributed by atoms with Gasteiger partial charge < -0.3 is 9.84 Å². The van der Waals surface area contributed by atoms with Gasteiger partial charge >= 0.3 is 5.97 Å². The Kier molecular flexibility index (Phi) is 5.38. The second-order valence-electron chi connectivity index (χ2n) is 4.32. The molecule has 1 rings (SSSR count). The highest BCUT2D eigenvalue weighted by Gasteiger charge is 2.27. The molecule has 0 heterocycles. The van der Waals surface area contributed by atoms with Crippen LogP contribution in [0.1, 0.15) is 6.92 Å². The average molecular weight is 322 g/mol. The molecule has 8 heteroatoms. The van der Waals surface area contributed by atoms with Crippen molar-refractivity contribution in [3.8, 4) is 5.75 Å². The van der Waals surface area contributed by atoms with Crippen LogP contribution in [0.3, 0.4) is 0 Å². The number of aliphatic carboxylic acids is 1. The molecule has 0 aliphatic rings. The molecule has 0 fully saturated rings. The smallest absolute Gasteiger partial charge is 0.307 e. The van der Waals surface area contributed by atoms with Gasteiger partial charge in [0, 0.05) is 24.7 Å². The molecule has 0 radical (unpaired) electrons. The van der Waals surface area contributed by atoms with E-state index in [0.29, 0.717) is 5.02 Å². The van der Waals surface area contributed by atoms with E-state index in [9.17, 15) is 13.2 Å². The fraction of sp³-hybridized carbons (Fsp3) is 0.417. The van der Waals surface area contributed by atoms with Gasteiger partial charge in [-0.05, 0) is 12.1 Å². The lowest BCUT2D eigenvalue weighted by molar-refractivity contribution is -0.141. The molecule has 0 spiro atoms.